The maximum atomic E-state index is 4.55. The van der Waals surface area contributed by atoms with Crippen molar-refractivity contribution in [2.45, 2.75) is 25.7 Å². The fourth-order valence-corrected chi connectivity index (χ4v) is 3.03. The average molecular weight is 380 g/mol. The lowest BCUT2D eigenvalue weighted by Gasteiger charge is -2.04. The summed E-state index contributed by atoms with van der Waals surface area (Å²) in [4.78, 5) is 4.49. The van der Waals surface area contributed by atoms with Crippen molar-refractivity contribution in [3.8, 4) is 5.95 Å². The summed E-state index contributed by atoms with van der Waals surface area (Å²) in [7, 11) is 3.77. The van der Waals surface area contributed by atoms with Crippen molar-refractivity contribution in [3.05, 3.63) is 30.0 Å². The largest absolute Gasteiger partial charge is 0.321 e. The Morgan fingerprint density at radius 2 is 2.04 bits per heavy atom. The highest BCUT2D eigenvalue weighted by atomic mass is 15.4. The summed E-state index contributed by atoms with van der Waals surface area (Å²) >= 11 is 0. The molecule has 28 heavy (non-hydrogen) atoms. The van der Waals surface area contributed by atoms with Crippen LogP contribution in [0.1, 0.15) is 30.1 Å². The van der Waals surface area contributed by atoms with Gasteiger partial charge in [0, 0.05) is 32.3 Å². The summed E-state index contributed by atoms with van der Waals surface area (Å²) in [6.07, 6.45) is 5.85. The monoisotopic (exact) mass is 380 g/mol. The quantitative estimate of drug-likeness (QED) is 0.459. The minimum Gasteiger partial charge on any atom is -0.321 e. The second kappa shape index (κ2) is 6.18. The van der Waals surface area contributed by atoms with E-state index in [1.807, 2.05) is 31.9 Å². The zero-order valence-corrected chi connectivity index (χ0v) is 15.7. The van der Waals surface area contributed by atoms with E-state index in [-0.39, 0.29) is 0 Å². The van der Waals surface area contributed by atoms with Crippen molar-refractivity contribution in [1.29, 1.82) is 0 Å². The molecule has 0 spiro atoms. The van der Waals surface area contributed by atoms with Gasteiger partial charge in [0.15, 0.2) is 0 Å². The third kappa shape index (κ3) is 2.98. The second-order valence-corrected chi connectivity index (χ2v) is 6.91. The number of rotatable bonds is 6. The van der Waals surface area contributed by atoms with Gasteiger partial charge in [-0.15, -0.1) is 15.3 Å². The molecule has 0 atom stereocenters. The van der Waals surface area contributed by atoms with Crippen LogP contribution in [0.4, 0.5) is 23.4 Å². The number of aromatic amines is 1. The van der Waals surface area contributed by atoms with Gasteiger partial charge in [-0.2, -0.15) is 15.2 Å². The minimum absolute atomic E-state index is 0.418. The first-order chi connectivity index (χ1) is 13.6. The van der Waals surface area contributed by atoms with E-state index in [0.717, 1.165) is 22.9 Å². The number of anilines is 4. The first-order valence-electron chi connectivity index (χ1n) is 8.98. The molecule has 0 saturated heterocycles. The number of nitrogens with one attached hydrogen (secondary N) is 3. The Kier molecular flexibility index (Phi) is 3.64. The van der Waals surface area contributed by atoms with Crippen LogP contribution in [0.3, 0.4) is 0 Å². The lowest BCUT2D eigenvalue weighted by atomic mass is 10.3. The molecule has 0 bridgehead atoms. The van der Waals surface area contributed by atoms with Gasteiger partial charge in [-0.1, -0.05) is 0 Å². The van der Waals surface area contributed by atoms with Gasteiger partial charge in [0.2, 0.25) is 11.9 Å². The van der Waals surface area contributed by atoms with Crippen molar-refractivity contribution in [2.75, 3.05) is 10.6 Å². The first kappa shape index (κ1) is 16.5. The molecular formula is C16H20N12. The molecule has 0 radical (unpaired) electrons. The van der Waals surface area contributed by atoms with Crippen molar-refractivity contribution in [1.82, 2.24) is 49.5 Å². The van der Waals surface area contributed by atoms with Crippen LogP contribution in [0.15, 0.2) is 18.6 Å². The fraction of sp³-hybridized carbons (Fsp3) is 0.375. The van der Waals surface area contributed by atoms with E-state index >= 15 is 0 Å². The molecule has 12 nitrogen and oxygen atoms in total. The van der Waals surface area contributed by atoms with Gasteiger partial charge in [0.25, 0.3) is 5.95 Å². The Morgan fingerprint density at radius 1 is 1.18 bits per heavy atom. The lowest BCUT2D eigenvalue weighted by molar-refractivity contribution is 0.750. The molecule has 4 aromatic heterocycles. The maximum Gasteiger partial charge on any atom is 0.258 e. The van der Waals surface area contributed by atoms with Crippen LogP contribution in [0.2, 0.25) is 0 Å². The van der Waals surface area contributed by atoms with Gasteiger partial charge in [0.05, 0.1) is 17.1 Å². The molecule has 4 heterocycles. The molecular weight excluding hydrogens is 360 g/mol. The average Bonchev–Trinajstić information content (AvgIpc) is 2.94. The number of hydrogen-bond acceptors (Lipinski definition) is 8. The van der Waals surface area contributed by atoms with Gasteiger partial charge < -0.3 is 10.6 Å². The van der Waals surface area contributed by atoms with E-state index in [1.165, 1.54) is 12.8 Å². The van der Waals surface area contributed by atoms with E-state index in [1.54, 1.807) is 15.6 Å². The van der Waals surface area contributed by atoms with Gasteiger partial charge in [-0.3, -0.25) is 9.36 Å². The van der Waals surface area contributed by atoms with Gasteiger partial charge in [0.1, 0.15) is 12.1 Å². The highest BCUT2D eigenvalue weighted by Crippen LogP contribution is 2.40. The van der Waals surface area contributed by atoms with Crippen LogP contribution in [0.25, 0.3) is 5.95 Å². The Hall–Kier alpha value is -3.70. The molecule has 1 aliphatic rings. The number of hydrogen-bond donors (Lipinski definition) is 3. The molecule has 5 rings (SSSR count). The normalized spacial score (nSPS) is 13.8. The van der Waals surface area contributed by atoms with Crippen LogP contribution >= 0.6 is 0 Å². The van der Waals surface area contributed by atoms with E-state index in [0.29, 0.717) is 23.8 Å². The zero-order chi connectivity index (χ0) is 19.3. The Morgan fingerprint density at radius 3 is 2.79 bits per heavy atom. The van der Waals surface area contributed by atoms with Gasteiger partial charge in [-0.25, -0.2) is 9.67 Å². The minimum atomic E-state index is 0.418. The topological polar surface area (TPSA) is 132 Å². The zero-order valence-electron chi connectivity index (χ0n) is 15.7. The first-order valence-corrected chi connectivity index (χ1v) is 8.98. The number of aromatic nitrogens is 10. The van der Waals surface area contributed by atoms with Crippen molar-refractivity contribution >= 4 is 23.4 Å². The van der Waals surface area contributed by atoms with Crippen LogP contribution in [0, 0.1) is 6.92 Å². The molecule has 3 N–H and O–H groups in total. The third-order valence-corrected chi connectivity index (χ3v) is 4.64. The van der Waals surface area contributed by atoms with Crippen molar-refractivity contribution < 1.29 is 0 Å². The van der Waals surface area contributed by atoms with E-state index in [4.69, 9.17) is 0 Å². The summed E-state index contributed by atoms with van der Waals surface area (Å²) in [5.74, 6) is 2.88. The Balaban J connectivity index is 1.37. The van der Waals surface area contributed by atoms with Crippen LogP contribution in [-0.2, 0) is 14.1 Å². The maximum absolute atomic E-state index is 4.55. The standard InChI is InChI=1S/C16H20N12/c1-9-12(7-26(2)24-9)18-15-22-17-8-28(15)16-20-14(21-23-16)19-13-6-11(10-4-5-10)25-27(13)3/h6-8,10H,4-5H2,1-3H3,(H,18,22)(H2,19,20,21,23). The summed E-state index contributed by atoms with van der Waals surface area (Å²) in [5.41, 5.74) is 2.81. The summed E-state index contributed by atoms with van der Waals surface area (Å²) in [6, 6.07) is 2.05. The lowest BCUT2D eigenvalue weighted by Crippen LogP contribution is -2.03. The third-order valence-electron chi connectivity index (χ3n) is 4.64. The molecule has 0 aliphatic heterocycles. The Labute approximate surface area is 160 Å². The predicted octanol–water partition coefficient (Wildman–Crippen LogP) is 1.53. The van der Waals surface area contributed by atoms with E-state index in [9.17, 15) is 0 Å². The second-order valence-electron chi connectivity index (χ2n) is 6.91. The molecule has 1 aliphatic carbocycles. The summed E-state index contributed by atoms with van der Waals surface area (Å²) in [5, 5.41) is 30.5. The summed E-state index contributed by atoms with van der Waals surface area (Å²) in [6.45, 7) is 1.92. The smallest absolute Gasteiger partial charge is 0.258 e. The predicted molar refractivity (Wildman–Crippen MR) is 101 cm³/mol. The van der Waals surface area contributed by atoms with E-state index < -0.39 is 0 Å². The summed E-state index contributed by atoms with van der Waals surface area (Å²) < 4.78 is 5.21. The number of H-pyrrole nitrogens is 1. The van der Waals surface area contributed by atoms with Gasteiger partial charge in [-0.05, 0) is 19.8 Å². The molecule has 4 aromatic rings. The fourth-order valence-electron chi connectivity index (χ4n) is 3.03. The Bertz CT molecular complexity index is 1120. The SMILES string of the molecule is Cc1nn(C)cc1Nc1nncn1-c1n[nH]c(Nc2cc(C3CC3)nn2C)n1. The molecule has 1 saturated carbocycles. The highest BCUT2D eigenvalue weighted by Gasteiger charge is 2.27. The number of nitrogens with zero attached hydrogens (tertiary/aromatic N) is 9. The molecule has 0 aromatic carbocycles. The molecule has 0 unspecified atom stereocenters. The van der Waals surface area contributed by atoms with Crippen LogP contribution in [0.5, 0.6) is 0 Å². The van der Waals surface area contributed by atoms with Crippen molar-refractivity contribution in [2.24, 2.45) is 14.1 Å². The van der Waals surface area contributed by atoms with Crippen LogP contribution < -0.4 is 10.6 Å². The molecule has 0 amide bonds. The highest BCUT2D eigenvalue weighted by molar-refractivity contribution is 5.56. The van der Waals surface area contributed by atoms with Gasteiger partial charge >= 0.3 is 0 Å². The molecule has 144 valence electrons. The van der Waals surface area contributed by atoms with E-state index in [2.05, 4.69) is 52.3 Å². The van der Waals surface area contributed by atoms with Crippen molar-refractivity contribution in [3.63, 3.8) is 0 Å². The van der Waals surface area contributed by atoms with Crippen LogP contribution in [-0.4, -0.2) is 49.5 Å². The molecule has 12 heteroatoms. The number of aryl methyl sites for hydroxylation is 3. The molecule has 1 fully saturated rings.